The summed E-state index contributed by atoms with van der Waals surface area (Å²) in [5, 5.41) is 0. The van der Waals surface area contributed by atoms with E-state index >= 15 is 0 Å². The number of hydrogen-bond acceptors (Lipinski definition) is 3. The van der Waals surface area contributed by atoms with Crippen LogP contribution in [0.5, 0.6) is 0 Å². The maximum absolute atomic E-state index is 12.4. The van der Waals surface area contributed by atoms with E-state index in [4.69, 9.17) is 5.73 Å². The average Bonchev–Trinajstić information content (AvgIpc) is 2.58. The predicted octanol–water partition coefficient (Wildman–Crippen LogP) is 3.28. The van der Waals surface area contributed by atoms with Crippen LogP contribution in [0.15, 0.2) is 27.6 Å². The van der Waals surface area contributed by atoms with Gasteiger partial charge in [0.15, 0.2) is 0 Å². The van der Waals surface area contributed by atoms with Crippen molar-refractivity contribution in [1.82, 2.24) is 4.72 Å². The lowest BCUT2D eigenvalue weighted by Crippen LogP contribution is -2.38. The lowest BCUT2D eigenvalue weighted by Gasteiger charge is -2.22. The SMILES string of the molecule is CC1CCCCCC1NS(=O)(=O)c1ccc(Br)c(N)c1. The van der Waals surface area contributed by atoms with Crippen LogP contribution in [0.25, 0.3) is 0 Å². The standard InChI is InChI=1S/C14H21BrN2O2S/c1-10-5-3-2-4-6-14(10)17-20(18,19)11-7-8-12(15)13(16)9-11/h7-10,14,17H,2-6,16H2,1H3. The van der Waals surface area contributed by atoms with Gasteiger partial charge in [0.05, 0.1) is 4.90 Å². The second-order valence-electron chi connectivity index (χ2n) is 5.53. The summed E-state index contributed by atoms with van der Waals surface area (Å²) < 4.78 is 28.4. The van der Waals surface area contributed by atoms with Crippen molar-refractivity contribution in [3.63, 3.8) is 0 Å². The van der Waals surface area contributed by atoms with E-state index in [1.54, 1.807) is 12.1 Å². The zero-order valence-corrected chi connectivity index (χ0v) is 14.0. The monoisotopic (exact) mass is 360 g/mol. The molecule has 112 valence electrons. The number of halogens is 1. The van der Waals surface area contributed by atoms with Gasteiger partial charge in [-0.05, 0) is 52.9 Å². The molecule has 6 heteroatoms. The van der Waals surface area contributed by atoms with Crippen LogP contribution in [-0.2, 0) is 10.0 Å². The Hall–Kier alpha value is -0.590. The Bertz CT molecular complexity index is 575. The molecular weight excluding hydrogens is 340 g/mol. The van der Waals surface area contributed by atoms with Crippen molar-refractivity contribution in [2.24, 2.45) is 5.92 Å². The van der Waals surface area contributed by atoms with E-state index in [9.17, 15) is 8.42 Å². The lowest BCUT2D eigenvalue weighted by molar-refractivity contribution is 0.399. The number of sulfonamides is 1. The van der Waals surface area contributed by atoms with E-state index in [0.717, 1.165) is 19.3 Å². The van der Waals surface area contributed by atoms with Gasteiger partial charge in [-0.3, -0.25) is 0 Å². The number of nitrogen functional groups attached to an aromatic ring is 1. The first-order chi connectivity index (χ1) is 9.40. The Kier molecular flexibility index (Phi) is 5.09. The second kappa shape index (κ2) is 6.45. The Labute approximate surface area is 129 Å². The third kappa shape index (κ3) is 3.74. The molecule has 1 aromatic carbocycles. The zero-order chi connectivity index (χ0) is 14.8. The first-order valence-corrected chi connectivity index (χ1v) is 9.25. The second-order valence-corrected chi connectivity index (χ2v) is 8.09. The third-order valence-electron chi connectivity index (χ3n) is 3.95. The summed E-state index contributed by atoms with van der Waals surface area (Å²) in [6.45, 7) is 2.12. The van der Waals surface area contributed by atoms with Gasteiger partial charge >= 0.3 is 0 Å². The lowest BCUT2D eigenvalue weighted by atomic mass is 9.98. The maximum Gasteiger partial charge on any atom is 0.240 e. The summed E-state index contributed by atoms with van der Waals surface area (Å²) in [5.74, 6) is 0.375. The minimum absolute atomic E-state index is 0.0207. The number of nitrogens with one attached hydrogen (secondary N) is 1. The van der Waals surface area contributed by atoms with E-state index in [1.165, 1.54) is 18.9 Å². The van der Waals surface area contributed by atoms with Crippen LogP contribution in [0.4, 0.5) is 5.69 Å². The predicted molar refractivity (Wildman–Crippen MR) is 84.9 cm³/mol. The Morgan fingerprint density at radius 2 is 1.95 bits per heavy atom. The quantitative estimate of drug-likeness (QED) is 0.641. The van der Waals surface area contributed by atoms with Crippen LogP contribution in [0.2, 0.25) is 0 Å². The van der Waals surface area contributed by atoms with Crippen LogP contribution < -0.4 is 10.5 Å². The molecular formula is C14H21BrN2O2S. The van der Waals surface area contributed by atoms with Crippen molar-refractivity contribution in [1.29, 1.82) is 0 Å². The van der Waals surface area contributed by atoms with Crippen LogP contribution in [0.3, 0.4) is 0 Å². The van der Waals surface area contributed by atoms with Gasteiger partial charge < -0.3 is 5.73 Å². The topological polar surface area (TPSA) is 72.2 Å². The number of rotatable bonds is 3. The molecule has 0 spiro atoms. The van der Waals surface area contributed by atoms with E-state index in [1.807, 2.05) is 0 Å². The van der Waals surface area contributed by atoms with E-state index in [-0.39, 0.29) is 10.9 Å². The molecule has 1 aliphatic rings. The summed E-state index contributed by atoms with van der Waals surface area (Å²) in [5.41, 5.74) is 6.20. The molecule has 2 unspecified atom stereocenters. The molecule has 0 heterocycles. The summed E-state index contributed by atoms with van der Waals surface area (Å²) in [6, 6.07) is 4.76. The van der Waals surface area contributed by atoms with Gasteiger partial charge in [-0.1, -0.05) is 26.2 Å². The van der Waals surface area contributed by atoms with Crippen LogP contribution in [0.1, 0.15) is 39.0 Å². The number of nitrogens with two attached hydrogens (primary N) is 1. The molecule has 0 saturated heterocycles. The zero-order valence-electron chi connectivity index (χ0n) is 11.6. The summed E-state index contributed by atoms with van der Waals surface area (Å²) in [6.07, 6.45) is 5.44. The highest BCUT2D eigenvalue weighted by Crippen LogP contribution is 2.26. The smallest absolute Gasteiger partial charge is 0.240 e. The molecule has 1 aromatic rings. The van der Waals surface area contributed by atoms with Crippen molar-refractivity contribution in [3.8, 4) is 0 Å². The minimum Gasteiger partial charge on any atom is -0.398 e. The first kappa shape index (κ1) is 15.8. The van der Waals surface area contributed by atoms with Crippen molar-refractivity contribution in [2.75, 3.05) is 5.73 Å². The molecule has 1 saturated carbocycles. The molecule has 0 aromatic heterocycles. The molecule has 20 heavy (non-hydrogen) atoms. The normalized spacial score (nSPS) is 24.3. The Morgan fingerprint density at radius 3 is 2.65 bits per heavy atom. The van der Waals surface area contributed by atoms with Gasteiger partial charge in [0.25, 0.3) is 0 Å². The van der Waals surface area contributed by atoms with Gasteiger partial charge in [0.1, 0.15) is 0 Å². The molecule has 2 atom stereocenters. The van der Waals surface area contributed by atoms with Crippen molar-refractivity contribution in [3.05, 3.63) is 22.7 Å². The fourth-order valence-corrected chi connectivity index (χ4v) is 4.29. The van der Waals surface area contributed by atoms with Crippen molar-refractivity contribution >= 4 is 31.6 Å². The molecule has 0 bridgehead atoms. The molecule has 2 rings (SSSR count). The third-order valence-corrected chi connectivity index (χ3v) is 6.16. The van der Waals surface area contributed by atoms with Crippen molar-refractivity contribution in [2.45, 2.75) is 50.0 Å². The molecule has 1 fully saturated rings. The largest absolute Gasteiger partial charge is 0.398 e. The number of anilines is 1. The molecule has 0 amide bonds. The maximum atomic E-state index is 12.4. The minimum atomic E-state index is -3.50. The van der Waals surface area contributed by atoms with Crippen LogP contribution in [-0.4, -0.2) is 14.5 Å². The highest BCUT2D eigenvalue weighted by Gasteiger charge is 2.26. The highest BCUT2D eigenvalue weighted by molar-refractivity contribution is 9.10. The number of benzene rings is 1. The van der Waals surface area contributed by atoms with Gasteiger partial charge in [0.2, 0.25) is 10.0 Å². The fourth-order valence-electron chi connectivity index (χ4n) is 2.62. The first-order valence-electron chi connectivity index (χ1n) is 6.97. The van der Waals surface area contributed by atoms with E-state index in [2.05, 4.69) is 27.6 Å². The van der Waals surface area contributed by atoms with Gasteiger partial charge in [-0.15, -0.1) is 0 Å². The molecule has 0 aliphatic heterocycles. The summed E-state index contributed by atoms with van der Waals surface area (Å²) >= 11 is 3.27. The van der Waals surface area contributed by atoms with E-state index in [0.29, 0.717) is 16.1 Å². The molecule has 4 nitrogen and oxygen atoms in total. The van der Waals surface area contributed by atoms with Gasteiger partial charge in [-0.2, -0.15) is 0 Å². The highest BCUT2D eigenvalue weighted by atomic mass is 79.9. The Morgan fingerprint density at radius 1 is 1.25 bits per heavy atom. The number of hydrogen-bond donors (Lipinski definition) is 2. The van der Waals surface area contributed by atoms with Gasteiger partial charge in [0, 0.05) is 16.2 Å². The van der Waals surface area contributed by atoms with Gasteiger partial charge in [-0.25, -0.2) is 13.1 Å². The van der Waals surface area contributed by atoms with Crippen LogP contribution in [0, 0.1) is 5.92 Å². The summed E-state index contributed by atoms with van der Waals surface area (Å²) in [4.78, 5) is 0.231. The van der Waals surface area contributed by atoms with E-state index < -0.39 is 10.0 Å². The average molecular weight is 361 g/mol. The van der Waals surface area contributed by atoms with Crippen LogP contribution >= 0.6 is 15.9 Å². The summed E-state index contributed by atoms with van der Waals surface area (Å²) in [7, 11) is -3.50. The van der Waals surface area contributed by atoms with Crippen molar-refractivity contribution < 1.29 is 8.42 Å². The molecule has 3 N–H and O–H groups in total. The fraction of sp³-hybridized carbons (Fsp3) is 0.571. The molecule has 0 radical (unpaired) electrons. The Balaban J connectivity index is 2.19. The molecule has 1 aliphatic carbocycles.